The summed E-state index contributed by atoms with van der Waals surface area (Å²) in [4.78, 5) is 0. The number of nitrogens with zero attached hydrogens (tertiary/aromatic N) is 3. The van der Waals surface area contributed by atoms with E-state index < -0.39 is 9.84 Å². The largest absolute Gasteiger partial charge is 0.314 e. The molecule has 5 nitrogen and oxygen atoms in total. The molecule has 1 saturated carbocycles. The molecule has 1 aliphatic carbocycles. The molecule has 0 spiro atoms. The van der Waals surface area contributed by atoms with Crippen LogP contribution in [0.3, 0.4) is 0 Å². The SMILES string of the molecule is O=S1(=O)CCc2nnc(CC3CCCC3)n2CC1. The van der Waals surface area contributed by atoms with Crippen LogP contribution in [0.2, 0.25) is 0 Å². The predicted octanol–water partition coefficient (Wildman–Crippen LogP) is 0.982. The molecule has 0 bridgehead atoms. The average molecular weight is 269 g/mol. The number of fused-ring (bicyclic) bond motifs is 1. The Balaban J connectivity index is 1.79. The van der Waals surface area contributed by atoms with E-state index >= 15 is 0 Å². The molecule has 100 valence electrons. The highest BCUT2D eigenvalue weighted by Gasteiger charge is 2.24. The summed E-state index contributed by atoms with van der Waals surface area (Å²) in [5.74, 6) is 3.01. The van der Waals surface area contributed by atoms with Crippen LogP contribution in [0.5, 0.6) is 0 Å². The quantitative estimate of drug-likeness (QED) is 0.803. The van der Waals surface area contributed by atoms with Gasteiger partial charge in [0.25, 0.3) is 0 Å². The van der Waals surface area contributed by atoms with Crippen molar-refractivity contribution in [1.29, 1.82) is 0 Å². The van der Waals surface area contributed by atoms with Crippen LogP contribution in [0, 0.1) is 5.92 Å². The molecule has 0 aromatic carbocycles. The summed E-state index contributed by atoms with van der Waals surface area (Å²) in [6, 6.07) is 0. The molecular formula is C12H19N3O2S. The Hall–Kier alpha value is -0.910. The van der Waals surface area contributed by atoms with Crippen LogP contribution in [0.4, 0.5) is 0 Å². The second kappa shape index (κ2) is 4.64. The van der Waals surface area contributed by atoms with Crippen molar-refractivity contribution in [3.63, 3.8) is 0 Å². The van der Waals surface area contributed by atoms with Crippen LogP contribution >= 0.6 is 0 Å². The Morgan fingerprint density at radius 2 is 1.94 bits per heavy atom. The highest BCUT2D eigenvalue weighted by Crippen LogP contribution is 2.28. The molecule has 1 fully saturated rings. The van der Waals surface area contributed by atoms with Crippen LogP contribution in [0.1, 0.15) is 37.3 Å². The van der Waals surface area contributed by atoms with Crippen LogP contribution in [0.25, 0.3) is 0 Å². The van der Waals surface area contributed by atoms with Crippen molar-refractivity contribution in [2.45, 2.75) is 45.1 Å². The number of hydrogen-bond donors (Lipinski definition) is 0. The van der Waals surface area contributed by atoms with Gasteiger partial charge in [-0.2, -0.15) is 0 Å². The Morgan fingerprint density at radius 3 is 2.72 bits per heavy atom. The summed E-state index contributed by atoms with van der Waals surface area (Å²) in [6.07, 6.45) is 6.67. The number of sulfone groups is 1. The minimum atomic E-state index is -2.89. The van der Waals surface area contributed by atoms with Crippen molar-refractivity contribution >= 4 is 9.84 Å². The third kappa shape index (κ3) is 2.43. The first kappa shape index (κ1) is 12.1. The smallest absolute Gasteiger partial charge is 0.152 e. The van der Waals surface area contributed by atoms with E-state index in [0.29, 0.717) is 13.0 Å². The molecule has 0 radical (unpaired) electrons. The number of rotatable bonds is 2. The van der Waals surface area contributed by atoms with Gasteiger partial charge in [-0.25, -0.2) is 8.42 Å². The van der Waals surface area contributed by atoms with Crippen LogP contribution < -0.4 is 0 Å². The van der Waals surface area contributed by atoms with Gasteiger partial charge in [-0.1, -0.05) is 25.7 Å². The van der Waals surface area contributed by atoms with E-state index in [2.05, 4.69) is 10.2 Å². The summed E-state index contributed by atoms with van der Waals surface area (Å²) in [6.45, 7) is 0.534. The van der Waals surface area contributed by atoms with E-state index in [4.69, 9.17) is 0 Å². The molecule has 2 heterocycles. The number of hydrogen-bond acceptors (Lipinski definition) is 4. The Morgan fingerprint density at radius 1 is 1.17 bits per heavy atom. The molecule has 0 N–H and O–H groups in total. The van der Waals surface area contributed by atoms with E-state index in [9.17, 15) is 8.42 Å². The van der Waals surface area contributed by atoms with Crippen molar-refractivity contribution in [3.05, 3.63) is 11.6 Å². The molecule has 1 aliphatic heterocycles. The van der Waals surface area contributed by atoms with Crippen molar-refractivity contribution in [1.82, 2.24) is 14.8 Å². The first-order valence-corrected chi connectivity index (χ1v) is 8.57. The Kier molecular flexibility index (Phi) is 3.13. The lowest BCUT2D eigenvalue weighted by Gasteiger charge is -2.10. The van der Waals surface area contributed by atoms with E-state index in [1.165, 1.54) is 25.7 Å². The maximum absolute atomic E-state index is 11.6. The zero-order valence-electron chi connectivity index (χ0n) is 10.5. The molecule has 0 unspecified atom stereocenters. The minimum absolute atomic E-state index is 0.217. The van der Waals surface area contributed by atoms with Crippen molar-refractivity contribution in [2.24, 2.45) is 5.92 Å². The van der Waals surface area contributed by atoms with Gasteiger partial charge < -0.3 is 4.57 Å². The first-order chi connectivity index (χ1) is 8.64. The van der Waals surface area contributed by atoms with Gasteiger partial charge in [-0.15, -0.1) is 10.2 Å². The fourth-order valence-corrected chi connectivity index (χ4v) is 4.18. The molecular weight excluding hydrogens is 250 g/mol. The van der Waals surface area contributed by atoms with E-state index in [0.717, 1.165) is 24.0 Å². The summed E-state index contributed by atoms with van der Waals surface area (Å²) < 4.78 is 25.3. The van der Waals surface area contributed by atoms with Crippen LogP contribution in [-0.4, -0.2) is 34.7 Å². The van der Waals surface area contributed by atoms with Crippen LogP contribution in [-0.2, 0) is 29.2 Å². The zero-order valence-corrected chi connectivity index (χ0v) is 11.3. The van der Waals surface area contributed by atoms with E-state index in [1.807, 2.05) is 4.57 Å². The third-order valence-electron chi connectivity index (χ3n) is 4.11. The van der Waals surface area contributed by atoms with Crippen molar-refractivity contribution in [2.75, 3.05) is 11.5 Å². The van der Waals surface area contributed by atoms with Gasteiger partial charge in [0.05, 0.1) is 11.5 Å². The molecule has 1 aromatic rings. The maximum Gasteiger partial charge on any atom is 0.152 e. The molecule has 0 atom stereocenters. The molecule has 6 heteroatoms. The normalized spacial score (nSPS) is 23.8. The zero-order chi connectivity index (χ0) is 12.6. The standard InChI is InChI=1S/C12H19N3O2S/c16-18(17)7-5-11-13-14-12(15(11)6-8-18)9-10-3-1-2-4-10/h10H,1-9H2. The van der Waals surface area contributed by atoms with Crippen LogP contribution in [0.15, 0.2) is 0 Å². The summed E-state index contributed by atoms with van der Waals surface area (Å²) in [7, 11) is -2.89. The number of aryl methyl sites for hydroxylation is 1. The average Bonchev–Trinajstić information content (AvgIpc) is 2.92. The summed E-state index contributed by atoms with van der Waals surface area (Å²) in [5, 5.41) is 8.44. The Labute approximate surface area is 108 Å². The summed E-state index contributed by atoms with van der Waals surface area (Å²) >= 11 is 0. The fourth-order valence-electron chi connectivity index (χ4n) is 3.02. The van der Waals surface area contributed by atoms with Gasteiger partial charge in [-0.05, 0) is 5.92 Å². The van der Waals surface area contributed by atoms with E-state index in [-0.39, 0.29) is 11.5 Å². The van der Waals surface area contributed by atoms with Gasteiger partial charge in [0.2, 0.25) is 0 Å². The predicted molar refractivity (Wildman–Crippen MR) is 68.0 cm³/mol. The molecule has 3 rings (SSSR count). The second-order valence-electron chi connectivity index (χ2n) is 5.44. The second-order valence-corrected chi connectivity index (χ2v) is 7.74. The lowest BCUT2D eigenvalue weighted by molar-refractivity contribution is 0.510. The van der Waals surface area contributed by atoms with Gasteiger partial charge in [0.15, 0.2) is 9.84 Å². The lowest BCUT2D eigenvalue weighted by atomic mass is 10.0. The molecule has 18 heavy (non-hydrogen) atoms. The first-order valence-electron chi connectivity index (χ1n) is 6.75. The molecule has 2 aliphatic rings. The third-order valence-corrected chi connectivity index (χ3v) is 5.74. The fraction of sp³-hybridized carbons (Fsp3) is 0.833. The molecule has 0 amide bonds. The van der Waals surface area contributed by atoms with Crippen molar-refractivity contribution < 1.29 is 8.42 Å². The molecule has 1 aromatic heterocycles. The highest BCUT2D eigenvalue weighted by molar-refractivity contribution is 7.91. The molecule has 0 saturated heterocycles. The van der Waals surface area contributed by atoms with Gasteiger partial charge >= 0.3 is 0 Å². The Bertz CT molecular complexity index is 530. The minimum Gasteiger partial charge on any atom is -0.314 e. The highest BCUT2D eigenvalue weighted by atomic mass is 32.2. The van der Waals surface area contributed by atoms with Gasteiger partial charge in [0, 0.05) is 19.4 Å². The van der Waals surface area contributed by atoms with Gasteiger partial charge in [-0.3, -0.25) is 0 Å². The van der Waals surface area contributed by atoms with E-state index in [1.54, 1.807) is 0 Å². The lowest BCUT2D eigenvalue weighted by Crippen LogP contribution is -2.14. The summed E-state index contributed by atoms with van der Waals surface area (Å²) in [5.41, 5.74) is 0. The van der Waals surface area contributed by atoms with Crippen molar-refractivity contribution in [3.8, 4) is 0 Å². The maximum atomic E-state index is 11.6. The number of aromatic nitrogens is 3. The topological polar surface area (TPSA) is 64.8 Å². The monoisotopic (exact) mass is 269 g/mol. The van der Waals surface area contributed by atoms with Gasteiger partial charge in [0.1, 0.15) is 11.6 Å².